The van der Waals surface area contributed by atoms with Crippen LogP contribution in [0.4, 0.5) is 5.82 Å². The molecule has 1 aromatic heterocycles. The van der Waals surface area contributed by atoms with Gasteiger partial charge in [-0.2, -0.15) is 0 Å². The maximum atomic E-state index is 4.34. The zero-order valence-corrected chi connectivity index (χ0v) is 10.4. The average molecular weight is 242 g/mol. The van der Waals surface area contributed by atoms with E-state index in [1.165, 1.54) is 19.3 Å². The molecule has 4 nitrogen and oxygen atoms in total. The van der Waals surface area contributed by atoms with Gasteiger partial charge < -0.3 is 10.6 Å². The quantitative estimate of drug-likeness (QED) is 0.866. The van der Waals surface area contributed by atoms with Gasteiger partial charge in [0.15, 0.2) is 0 Å². The van der Waals surface area contributed by atoms with E-state index in [-0.39, 0.29) is 0 Å². The molecule has 94 valence electrons. The number of anilines is 1. The molecule has 1 unspecified atom stereocenters. The van der Waals surface area contributed by atoms with Crippen molar-refractivity contribution in [3.8, 4) is 0 Å². The number of nitrogens with zero attached hydrogens (tertiary/aromatic N) is 2. The third-order valence-corrected chi connectivity index (χ3v) is 3.47. The molecule has 2 aromatic rings. The van der Waals surface area contributed by atoms with Gasteiger partial charge in [0.2, 0.25) is 0 Å². The van der Waals surface area contributed by atoms with Crippen molar-refractivity contribution >= 4 is 16.7 Å². The largest absolute Gasteiger partial charge is 0.368 e. The highest BCUT2D eigenvalue weighted by Crippen LogP contribution is 2.18. The third kappa shape index (κ3) is 2.43. The molecule has 1 aromatic carbocycles. The molecule has 1 fully saturated rings. The van der Waals surface area contributed by atoms with Crippen LogP contribution >= 0.6 is 0 Å². The molecule has 2 heterocycles. The Morgan fingerprint density at radius 1 is 1.22 bits per heavy atom. The normalized spacial score (nSPS) is 19.9. The molecule has 1 aliphatic rings. The molecular weight excluding hydrogens is 224 g/mol. The maximum Gasteiger partial charge on any atom is 0.137 e. The van der Waals surface area contributed by atoms with E-state index in [4.69, 9.17) is 0 Å². The van der Waals surface area contributed by atoms with Crippen molar-refractivity contribution in [3.05, 3.63) is 30.6 Å². The number of fused-ring (bicyclic) bond motifs is 1. The summed E-state index contributed by atoms with van der Waals surface area (Å²) in [6.07, 6.45) is 5.49. The van der Waals surface area contributed by atoms with E-state index < -0.39 is 0 Å². The van der Waals surface area contributed by atoms with Crippen LogP contribution < -0.4 is 10.6 Å². The van der Waals surface area contributed by atoms with Crippen molar-refractivity contribution in [2.75, 3.05) is 18.4 Å². The van der Waals surface area contributed by atoms with Crippen LogP contribution in [0.1, 0.15) is 19.3 Å². The number of benzene rings is 1. The van der Waals surface area contributed by atoms with Gasteiger partial charge in [-0.1, -0.05) is 18.6 Å². The van der Waals surface area contributed by atoms with Gasteiger partial charge in [-0.05, 0) is 31.5 Å². The van der Waals surface area contributed by atoms with E-state index in [1.807, 2.05) is 18.2 Å². The van der Waals surface area contributed by atoms with Gasteiger partial charge >= 0.3 is 0 Å². The molecule has 0 amide bonds. The van der Waals surface area contributed by atoms with Gasteiger partial charge in [-0.15, -0.1) is 0 Å². The summed E-state index contributed by atoms with van der Waals surface area (Å²) in [6, 6.07) is 8.66. The van der Waals surface area contributed by atoms with Crippen LogP contribution in [-0.4, -0.2) is 29.1 Å². The van der Waals surface area contributed by atoms with Crippen molar-refractivity contribution in [2.45, 2.75) is 25.3 Å². The highest BCUT2D eigenvalue weighted by atomic mass is 15.1. The smallest absolute Gasteiger partial charge is 0.137 e. The molecular formula is C14H18N4. The Kier molecular flexibility index (Phi) is 3.37. The molecule has 0 spiro atoms. The van der Waals surface area contributed by atoms with E-state index >= 15 is 0 Å². The summed E-state index contributed by atoms with van der Waals surface area (Å²) >= 11 is 0. The Balaban J connectivity index is 1.74. The zero-order valence-electron chi connectivity index (χ0n) is 10.4. The van der Waals surface area contributed by atoms with Crippen LogP contribution in [-0.2, 0) is 0 Å². The number of nitrogens with one attached hydrogen (secondary N) is 2. The fourth-order valence-corrected chi connectivity index (χ4v) is 2.46. The summed E-state index contributed by atoms with van der Waals surface area (Å²) in [4.78, 5) is 8.61. The van der Waals surface area contributed by atoms with Gasteiger partial charge in [0.1, 0.15) is 12.1 Å². The molecule has 3 rings (SSSR count). The lowest BCUT2D eigenvalue weighted by molar-refractivity contribution is 0.414. The molecule has 1 atom stereocenters. The predicted octanol–water partition coefficient (Wildman–Crippen LogP) is 2.18. The SMILES string of the molecule is c1ccc2c(NCC3CCCCN3)ncnc2c1. The van der Waals surface area contributed by atoms with E-state index in [1.54, 1.807) is 6.33 Å². The highest BCUT2D eigenvalue weighted by Gasteiger charge is 2.12. The molecule has 18 heavy (non-hydrogen) atoms. The Morgan fingerprint density at radius 3 is 3.06 bits per heavy atom. The Labute approximate surface area is 107 Å². The fraction of sp³-hybridized carbons (Fsp3) is 0.429. The van der Waals surface area contributed by atoms with Crippen LogP contribution in [0.25, 0.3) is 10.9 Å². The lowest BCUT2D eigenvalue weighted by Gasteiger charge is -2.24. The lowest BCUT2D eigenvalue weighted by atomic mass is 10.1. The van der Waals surface area contributed by atoms with Crippen LogP contribution in [0.15, 0.2) is 30.6 Å². The molecule has 1 aliphatic heterocycles. The van der Waals surface area contributed by atoms with Gasteiger partial charge in [0.05, 0.1) is 5.52 Å². The van der Waals surface area contributed by atoms with Crippen LogP contribution in [0.5, 0.6) is 0 Å². The van der Waals surface area contributed by atoms with Crippen molar-refractivity contribution in [3.63, 3.8) is 0 Å². The van der Waals surface area contributed by atoms with Crippen LogP contribution in [0, 0.1) is 0 Å². The second kappa shape index (κ2) is 5.31. The molecule has 0 radical (unpaired) electrons. The zero-order chi connectivity index (χ0) is 12.2. The molecule has 2 N–H and O–H groups in total. The van der Waals surface area contributed by atoms with Crippen molar-refractivity contribution in [1.82, 2.24) is 15.3 Å². The van der Waals surface area contributed by atoms with E-state index in [9.17, 15) is 0 Å². The number of rotatable bonds is 3. The minimum atomic E-state index is 0.562. The molecule has 1 saturated heterocycles. The van der Waals surface area contributed by atoms with Gasteiger partial charge in [-0.25, -0.2) is 9.97 Å². The first-order valence-electron chi connectivity index (χ1n) is 6.60. The molecule has 0 aliphatic carbocycles. The van der Waals surface area contributed by atoms with Crippen molar-refractivity contribution in [2.24, 2.45) is 0 Å². The number of hydrogen-bond acceptors (Lipinski definition) is 4. The Bertz CT molecular complexity index is 515. The van der Waals surface area contributed by atoms with Crippen molar-refractivity contribution in [1.29, 1.82) is 0 Å². The molecule has 4 heteroatoms. The number of hydrogen-bond donors (Lipinski definition) is 2. The number of para-hydroxylation sites is 1. The summed E-state index contributed by atoms with van der Waals surface area (Å²) < 4.78 is 0. The lowest BCUT2D eigenvalue weighted by Crippen LogP contribution is -2.39. The topological polar surface area (TPSA) is 49.8 Å². The first kappa shape index (κ1) is 11.4. The summed E-state index contributed by atoms with van der Waals surface area (Å²) in [5.74, 6) is 0.938. The first-order chi connectivity index (χ1) is 8.93. The highest BCUT2D eigenvalue weighted by molar-refractivity contribution is 5.88. The van der Waals surface area contributed by atoms with E-state index in [2.05, 4.69) is 26.7 Å². The fourth-order valence-electron chi connectivity index (χ4n) is 2.46. The predicted molar refractivity (Wildman–Crippen MR) is 73.7 cm³/mol. The maximum absolute atomic E-state index is 4.34. The third-order valence-electron chi connectivity index (χ3n) is 3.47. The number of piperidine rings is 1. The van der Waals surface area contributed by atoms with E-state index in [0.717, 1.165) is 29.8 Å². The second-order valence-corrected chi connectivity index (χ2v) is 4.77. The Hall–Kier alpha value is -1.68. The van der Waals surface area contributed by atoms with Crippen LogP contribution in [0.2, 0.25) is 0 Å². The van der Waals surface area contributed by atoms with Gasteiger partial charge in [0.25, 0.3) is 0 Å². The summed E-state index contributed by atoms with van der Waals surface area (Å²) in [5, 5.41) is 8.07. The minimum absolute atomic E-state index is 0.562. The van der Waals surface area contributed by atoms with Gasteiger partial charge in [-0.3, -0.25) is 0 Å². The second-order valence-electron chi connectivity index (χ2n) is 4.77. The van der Waals surface area contributed by atoms with Crippen molar-refractivity contribution < 1.29 is 0 Å². The standard InChI is InChI=1S/C14H18N4/c1-2-7-13-12(6-1)14(18-10-17-13)16-9-11-5-3-4-8-15-11/h1-2,6-7,10-11,15H,3-5,8-9H2,(H,16,17,18). The molecule has 0 saturated carbocycles. The summed E-state index contributed by atoms with van der Waals surface area (Å²) in [5.41, 5.74) is 0.992. The first-order valence-corrected chi connectivity index (χ1v) is 6.60. The Morgan fingerprint density at radius 2 is 2.17 bits per heavy atom. The summed E-state index contributed by atoms with van der Waals surface area (Å²) in [6.45, 7) is 2.07. The van der Waals surface area contributed by atoms with Crippen LogP contribution in [0.3, 0.4) is 0 Å². The number of aromatic nitrogens is 2. The minimum Gasteiger partial charge on any atom is -0.368 e. The average Bonchev–Trinajstić information content (AvgIpc) is 2.46. The monoisotopic (exact) mass is 242 g/mol. The molecule has 0 bridgehead atoms. The van der Waals surface area contributed by atoms with E-state index in [0.29, 0.717) is 6.04 Å². The summed E-state index contributed by atoms with van der Waals surface area (Å²) in [7, 11) is 0. The van der Waals surface area contributed by atoms with Gasteiger partial charge in [0, 0.05) is 18.0 Å².